The highest BCUT2D eigenvalue weighted by Crippen LogP contribution is 2.26. The predicted molar refractivity (Wildman–Crippen MR) is 94.4 cm³/mol. The van der Waals surface area contributed by atoms with Crippen LogP contribution in [0.15, 0.2) is 21.1 Å². The van der Waals surface area contributed by atoms with Crippen LogP contribution in [0.2, 0.25) is 5.15 Å². The molecule has 0 aliphatic heterocycles. The quantitative estimate of drug-likeness (QED) is 0.547. The number of hydrogen-bond donors (Lipinski definition) is 0. The van der Waals surface area contributed by atoms with Crippen molar-refractivity contribution in [3.05, 3.63) is 48.7 Å². The molecule has 0 spiro atoms. The lowest BCUT2D eigenvalue weighted by Crippen LogP contribution is -1.93. The molecule has 114 valence electrons. The van der Waals surface area contributed by atoms with E-state index in [1.165, 1.54) is 0 Å². The maximum absolute atomic E-state index is 5.76. The second-order valence-corrected chi connectivity index (χ2v) is 6.53. The zero-order valence-corrected chi connectivity index (χ0v) is 16.5. The molecule has 0 amide bonds. The van der Waals surface area contributed by atoms with Gasteiger partial charge in [-0.1, -0.05) is 11.6 Å². The Morgan fingerprint density at radius 1 is 0.905 bits per heavy atom. The summed E-state index contributed by atoms with van der Waals surface area (Å²) in [5.74, 6) is 0.655. The summed E-state index contributed by atoms with van der Waals surface area (Å²) in [7, 11) is 1.62. The molecular weight excluding hydrogens is 419 g/mol. The van der Waals surface area contributed by atoms with Gasteiger partial charge in [0.15, 0.2) is 0 Å². The summed E-state index contributed by atoms with van der Waals surface area (Å²) in [5.41, 5.74) is 4.19. The van der Waals surface area contributed by atoms with E-state index < -0.39 is 0 Å². The van der Waals surface area contributed by atoms with Gasteiger partial charge in [0.05, 0.1) is 16.1 Å². The third kappa shape index (κ3) is 5.24. The Morgan fingerprint density at radius 2 is 1.38 bits per heavy atom. The van der Waals surface area contributed by atoms with Crippen molar-refractivity contribution in [2.24, 2.45) is 0 Å². The summed E-state index contributed by atoms with van der Waals surface area (Å²) in [6.07, 6.45) is 0. The molecule has 0 atom stereocenters. The van der Waals surface area contributed by atoms with Gasteiger partial charge in [-0.15, -0.1) is 0 Å². The number of nitrogens with zero attached hydrogens (tertiary/aromatic N) is 2. The fourth-order valence-corrected chi connectivity index (χ4v) is 2.55. The third-order valence-electron chi connectivity index (χ3n) is 2.66. The van der Waals surface area contributed by atoms with E-state index in [0.717, 1.165) is 31.5 Å². The molecule has 0 fully saturated rings. The van der Waals surface area contributed by atoms with Crippen molar-refractivity contribution in [1.29, 1.82) is 0 Å². The average Bonchev–Trinajstić information content (AvgIpc) is 2.40. The Morgan fingerprint density at radius 3 is 1.86 bits per heavy atom. The molecule has 6 heteroatoms. The molecule has 0 saturated carbocycles. The molecule has 2 aromatic heterocycles. The molecule has 3 nitrogen and oxygen atoms in total. The van der Waals surface area contributed by atoms with Gasteiger partial charge in [-0.25, -0.2) is 9.97 Å². The molecular formula is C15H17Br2ClN2O. The molecule has 0 bridgehead atoms. The first kappa shape index (κ1) is 18.4. The minimum atomic E-state index is 0.539. The SMILES string of the molecule is COc1nc(C)cc(C)c1Br.Cc1cc(C)c(Br)c(Cl)n1. The first-order chi connectivity index (χ1) is 9.76. The van der Waals surface area contributed by atoms with Crippen LogP contribution in [-0.2, 0) is 0 Å². The van der Waals surface area contributed by atoms with Gasteiger partial charge in [-0.3, -0.25) is 0 Å². The number of methoxy groups -OCH3 is 1. The zero-order chi connectivity index (χ0) is 16.2. The minimum Gasteiger partial charge on any atom is -0.480 e. The molecule has 0 aromatic carbocycles. The van der Waals surface area contributed by atoms with Crippen molar-refractivity contribution in [1.82, 2.24) is 9.97 Å². The maximum atomic E-state index is 5.76. The van der Waals surface area contributed by atoms with Crippen LogP contribution >= 0.6 is 43.5 Å². The molecule has 21 heavy (non-hydrogen) atoms. The Labute approximate surface area is 147 Å². The van der Waals surface area contributed by atoms with E-state index in [1.807, 2.05) is 39.8 Å². The molecule has 0 N–H and O–H groups in total. The Bertz CT molecular complexity index is 625. The normalized spacial score (nSPS) is 9.90. The highest BCUT2D eigenvalue weighted by atomic mass is 79.9. The monoisotopic (exact) mass is 434 g/mol. The summed E-state index contributed by atoms with van der Waals surface area (Å²) in [6.45, 7) is 7.87. The number of hydrogen-bond acceptors (Lipinski definition) is 3. The lowest BCUT2D eigenvalue weighted by Gasteiger charge is -2.05. The van der Waals surface area contributed by atoms with Gasteiger partial charge >= 0.3 is 0 Å². The van der Waals surface area contributed by atoms with Crippen LogP contribution in [0, 0.1) is 27.7 Å². The van der Waals surface area contributed by atoms with Crippen molar-refractivity contribution in [2.75, 3.05) is 7.11 Å². The van der Waals surface area contributed by atoms with Crippen LogP contribution in [-0.4, -0.2) is 17.1 Å². The van der Waals surface area contributed by atoms with Gasteiger partial charge in [0, 0.05) is 11.4 Å². The van der Waals surface area contributed by atoms with E-state index in [4.69, 9.17) is 16.3 Å². The van der Waals surface area contributed by atoms with E-state index in [0.29, 0.717) is 11.0 Å². The van der Waals surface area contributed by atoms with E-state index in [-0.39, 0.29) is 0 Å². The Balaban J connectivity index is 0.000000211. The topological polar surface area (TPSA) is 35.0 Å². The number of ether oxygens (including phenoxy) is 1. The molecule has 2 heterocycles. The highest BCUT2D eigenvalue weighted by Gasteiger charge is 2.04. The molecule has 0 aliphatic carbocycles. The average molecular weight is 437 g/mol. The van der Waals surface area contributed by atoms with E-state index >= 15 is 0 Å². The molecule has 2 rings (SSSR count). The van der Waals surface area contributed by atoms with Crippen molar-refractivity contribution in [2.45, 2.75) is 27.7 Å². The van der Waals surface area contributed by atoms with Gasteiger partial charge in [0.2, 0.25) is 5.88 Å². The van der Waals surface area contributed by atoms with Crippen LogP contribution in [0.5, 0.6) is 5.88 Å². The highest BCUT2D eigenvalue weighted by molar-refractivity contribution is 9.11. The van der Waals surface area contributed by atoms with Crippen LogP contribution in [0.4, 0.5) is 0 Å². The number of aromatic nitrogens is 2. The molecule has 2 aromatic rings. The fraction of sp³-hybridized carbons (Fsp3) is 0.333. The minimum absolute atomic E-state index is 0.539. The van der Waals surface area contributed by atoms with Gasteiger partial charge in [0.1, 0.15) is 5.15 Å². The maximum Gasteiger partial charge on any atom is 0.228 e. The summed E-state index contributed by atoms with van der Waals surface area (Å²) in [4.78, 5) is 8.24. The Hall–Kier alpha value is -0.650. The van der Waals surface area contributed by atoms with Crippen molar-refractivity contribution >= 4 is 43.5 Å². The molecule has 0 saturated heterocycles. The third-order valence-corrected chi connectivity index (χ3v) is 5.13. The lowest BCUT2D eigenvalue weighted by atomic mass is 10.2. The molecule has 0 radical (unpaired) electrons. The van der Waals surface area contributed by atoms with Gasteiger partial charge < -0.3 is 4.74 Å². The van der Waals surface area contributed by atoms with Crippen LogP contribution < -0.4 is 4.74 Å². The van der Waals surface area contributed by atoms with Crippen LogP contribution in [0.3, 0.4) is 0 Å². The lowest BCUT2D eigenvalue weighted by molar-refractivity contribution is 0.393. The standard InChI is InChI=1S/C8H10BrNO.C7H7BrClN/c1-5-4-6(2)10-8(11-3)7(5)9;1-4-3-5(2)10-7(9)6(4)8/h4H,1-3H3;3H,1-2H3. The molecule has 0 aliphatic rings. The van der Waals surface area contributed by atoms with E-state index in [1.54, 1.807) is 7.11 Å². The first-order valence-electron chi connectivity index (χ1n) is 6.23. The number of rotatable bonds is 1. The summed E-state index contributed by atoms with van der Waals surface area (Å²) in [5, 5.41) is 0.539. The van der Waals surface area contributed by atoms with E-state index in [2.05, 4.69) is 41.8 Å². The van der Waals surface area contributed by atoms with Crippen molar-refractivity contribution in [3.63, 3.8) is 0 Å². The number of aryl methyl sites for hydroxylation is 4. The summed E-state index contributed by atoms with van der Waals surface area (Å²) < 4.78 is 6.87. The summed E-state index contributed by atoms with van der Waals surface area (Å²) in [6, 6.07) is 3.99. The largest absolute Gasteiger partial charge is 0.480 e. The van der Waals surface area contributed by atoms with Crippen molar-refractivity contribution < 1.29 is 4.74 Å². The van der Waals surface area contributed by atoms with Gasteiger partial charge in [-0.2, -0.15) is 0 Å². The van der Waals surface area contributed by atoms with Gasteiger partial charge in [-0.05, 0) is 82.8 Å². The number of halogens is 3. The van der Waals surface area contributed by atoms with Gasteiger partial charge in [0.25, 0.3) is 0 Å². The smallest absolute Gasteiger partial charge is 0.228 e. The van der Waals surface area contributed by atoms with E-state index in [9.17, 15) is 0 Å². The van der Waals surface area contributed by atoms with Crippen LogP contribution in [0.25, 0.3) is 0 Å². The number of pyridine rings is 2. The first-order valence-corrected chi connectivity index (χ1v) is 8.19. The second-order valence-electron chi connectivity index (χ2n) is 4.59. The molecule has 0 unspecified atom stereocenters. The zero-order valence-electron chi connectivity index (χ0n) is 12.6. The fourth-order valence-electron chi connectivity index (χ4n) is 1.70. The second kappa shape index (κ2) is 8.11. The van der Waals surface area contributed by atoms with Crippen LogP contribution in [0.1, 0.15) is 22.5 Å². The van der Waals surface area contributed by atoms with Crippen molar-refractivity contribution in [3.8, 4) is 5.88 Å². The predicted octanol–water partition coefficient (Wildman–Crippen LogP) is 5.58. The Kier molecular flexibility index (Phi) is 7.10. The summed E-state index contributed by atoms with van der Waals surface area (Å²) >= 11 is 12.5.